The first kappa shape index (κ1) is 15.9. The van der Waals surface area contributed by atoms with Crippen LogP contribution in [-0.4, -0.2) is 39.3 Å². The van der Waals surface area contributed by atoms with Gasteiger partial charge in [-0.25, -0.2) is 9.97 Å². The Hall–Kier alpha value is -1.17. The van der Waals surface area contributed by atoms with Crippen molar-refractivity contribution >= 4 is 22.4 Å². The highest BCUT2D eigenvalue weighted by Gasteiger charge is 2.07. The second-order valence-electron chi connectivity index (χ2n) is 4.58. The molecule has 1 heterocycles. The lowest BCUT2D eigenvalue weighted by atomic mass is 10.3. The zero-order valence-electron chi connectivity index (χ0n) is 12.2. The first-order chi connectivity index (χ1) is 9.06. The van der Waals surface area contributed by atoms with Crippen molar-refractivity contribution in [3.63, 3.8) is 0 Å². The number of nitrogens with zero attached hydrogens (tertiary/aromatic N) is 2. The van der Waals surface area contributed by atoms with Crippen LogP contribution in [0.2, 0.25) is 0 Å². The van der Waals surface area contributed by atoms with Gasteiger partial charge in [-0.2, -0.15) is 0 Å². The van der Waals surface area contributed by atoms with Crippen LogP contribution in [-0.2, 0) is 17.2 Å². The number of aromatic nitrogens is 2. The van der Waals surface area contributed by atoms with Crippen molar-refractivity contribution in [1.82, 2.24) is 9.97 Å². The largest absolute Gasteiger partial charge is 0.373 e. The molecule has 0 spiro atoms. The first-order valence-electron chi connectivity index (χ1n) is 6.68. The van der Waals surface area contributed by atoms with E-state index in [1.807, 2.05) is 20.0 Å². The van der Waals surface area contributed by atoms with E-state index in [0.29, 0.717) is 0 Å². The molecular weight excluding hydrogens is 260 g/mol. The normalized spacial score (nSPS) is 13.9. The molecule has 0 aliphatic heterocycles. The quantitative estimate of drug-likeness (QED) is 0.764. The fourth-order valence-corrected chi connectivity index (χ4v) is 2.07. The van der Waals surface area contributed by atoms with E-state index in [9.17, 15) is 4.21 Å². The molecule has 6 heteroatoms. The highest BCUT2D eigenvalue weighted by atomic mass is 32.2. The molecule has 108 valence electrons. The second-order valence-corrected chi connectivity index (χ2v) is 6.38. The van der Waals surface area contributed by atoms with Gasteiger partial charge in [-0.05, 0) is 12.8 Å². The standard InChI is InChI=1S/C13H24N4OS/c1-5-6-11-16-12(14-3)9-13(17-11)15-8-7-10(2)19(4)18/h9-10H,5-8H2,1-4H3,(H2,14,15,16,17). The van der Waals surface area contributed by atoms with Gasteiger partial charge in [-0.1, -0.05) is 13.8 Å². The van der Waals surface area contributed by atoms with E-state index in [-0.39, 0.29) is 5.25 Å². The van der Waals surface area contributed by atoms with Crippen LogP contribution in [0.25, 0.3) is 0 Å². The average molecular weight is 284 g/mol. The lowest BCUT2D eigenvalue weighted by Gasteiger charge is -2.11. The molecule has 1 aromatic heterocycles. The van der Waals surface area contributed by atoms with E-state index in [1.54, 1.807) is 6.26 Å². The van der Waals surface area contributed by atoms with Crippen LogP contribution < -0.4 is 10.6 Å². The molecule has 0 radical (unpaired) electrons. The Morgan fingerprint density at radius 1 is 1.37 bits per heavy atom. The molecular formula is C13H24N4OS. The predicted molar refractivity (Wildman–Crippen MR) is 82.2 cm³/mol. The molecule has 1 rings (SSSR count). The summed E-state index contributed by atoms with van der Waals surface area (Å²) in [5.41, 5.74) is 0. The van der Waals surface area contributed by atoms with Crippen molar-refractivity contribution in [3.8, 4) is 0 Å². The number of hydrogen-bond donors (Lipinski definition) is 2. The summed E-state index contributed by atoms with van der Waals surface area (Å²) in [6, 6.07) is 1.90. The van der Waals surface area contributed by atoms with Crippen LogP contribution in [0, 0.1) is 0 Å². The van der Waals surface area contributed by atoms with Gasteiger partial charge in [0.25, 0.3) is 0 Å². The molecule has 0 saturated heterocycles. The zero-order chi connectivity index (χ0) is 14.3. The van der Waals surface area contributed by atoms with E-state index in [2.05, 4.69) is 27.5 Å². The lowest BCUT2D eigenvalue weighted by Crippen LogP contribution is -2.16. The van der Waals surface area contributed by atoms with Gasteiger partial charge in [0.1, 0.15) is 17.5 Å². The Balaban J connectivity index is 2.61. The summed E-state index contributed by atoms with van der Waals surface area (Å²) < 4.78 is 11.3. The highest BCUT2D eigenvalue weighted by Crippen LogP contribution is 2.12. The van der Waals surface area contributed by atoms with Crippen LogP contribution in [0.15, 0.2) is 6.07 Å². The molecule has 0 aliphatic carbocycles. The minimum absolute atomic E-state index is 0.202. The maximum absolute atomic E-state index is 11.3. The molecule has 5 nitrogen and oxygen atoms in total. The van der Waals surface area contributed by atoms with Crippen molar-refractivity contribution in [1.29, 1.82) is 0 Å². The predicted octanol–water partition coefficient (Wildman–Crippen LogP) is 2.04. The number of anilines is 2. The maximum Gasteiger partial charge on any atom is 0.133 e. The highest BCUT2D eigenvalue weighted by molar-refractivity contribution is 7.84. The fraction of sp³-hybridized carbons (Fsp3) is 0.692. The minimum atomic E-state index is -0.767. The molecule has 0 fully saturated rings. The summed E-state index contributed by atoms with van der Waals surface area (Å²) in [5, 5.41) is 6.52. The van der Waals surface area contributed by atoms with Crippen LogP contribution >= 0.6 is 0 Å². The van der Waals surface area contributed by atoms with Gasteiger partial charge in [-0.3, -0.25) is 4.21 Å². The third-order valence-electron chi connectivity index (χ3n) is 2.93. The molecule has 0 saturated carbocycles. The van der Waals surface area contributed by atoms with Gasteiger partial charge in [-0.15, -0.1) is 0 Å². The van der Waals surface area contributed by atoms with Crippen molar-refractivity contribution < 1.29 is 4.21 Å². The molecule has 0 aromatic carbocycles. The molecule has 19 heavy (non-hydrogen) atoms. The van der Waals surface area contributed by atoms with Crippen molar-refractivity contribution in [2.75, 3.05) is 30.5 Å². The topological polar surface area (TPSA) is 66.9 Å². The van der Waals surface area contributed by atoms with E-state index in [0.717, 1.165) is 43.3 Å². The van der Waals surface area contributed by atoms with E-state index in [4.69, 9.17) is 0 Å². The monoisotopic (exact) mass is 284 g/mol. The van der Waals surface area contributed by atoms with Crippen LogP contribution in [0.4, 0.5) is 11.6 Å². The van der Waals surface area contributed by atoms with Crippen molar-refractivity contribution in [2.45, 2.75) is 38.4 Å². The van der Waals surface area contributed by atoms with E-state index < -0.39 is 10.8 Å². The van der Waals surface area contributed by atoms with Gasteiger partial charge in [0.15, 0.2) is 0 Å². The summed E-state index contributed by atoms with van der Waals surface area (Å²) in [6.45, 7) is 4.88. The maximum atomic E-state index is 11.3. The van der Waals surface area contributed by atoms with E-state index in [1.165, 1.54) is 0 Å². The summed E-state index contributed by atoms with van der Waals surface area (Å²) in [4.78, 5) is 8.88. The smallest absolute Gasteiger partial charge is 0.133 e. The molecule has 0 bridgehead atoms. The number of rotatable bonds is 8. The van der Waals surface area contributed by atoms with Crippen molar-refractivity contribution in [3.05, 3.63) is 11.9 Å². The van der Waals surface area contributed by atoms with Gasteiger partial charge >= 0.3 is 0 Å². The Kier molecular flexibility index (Phi) is 6.77. The van der Waals surface area contributed by atoms with Crippen LogP contribution in [0.3, 0.4) is 0 Å². The summed E-state index contributed by atoms with van der Waals surface area (Å²) in [7, 11) is 1.08. The summed E-state index contributed by atoms with van der Waals surface area (Å²) >= 11 is 0. The van der Waals surface area contributed by atoms with Crippen LogP contribution in [0.5, 0.6) is 0 Å². The number of hydrogen-bond acceptors (Lipinski definition) is 5. The van der Waals surface area contributed by atoms with E-state index >= 15 is 0 Å². The third kappa shape index (κ3) is 5.55. The molecule has 0 aliphatic rings. The number of aryl methyl sites for hydroxylation is 1. The zero-order valence-corrected chi connectivity index (χ0v) is 13.0. The lowest BCUT2D eigenvalue weighted by molar-refractivity contribution is 0.672. The first-order valence-corrected chi connectivity index (χ1v) is 8.30. The summed E-state index contributed by atoms with van der Waals surface area (Å²) in [6.07, 6.45) is 4.51. The van der Waals surface area contributed by atoms with Crippen molar-refractivity contribution in [2.24, 2.45) is 0 Å². The molecule has 0 amide bonds. The molecule has 2 unspecified atom stereocenters. The Morgan fingerprint density at radius 3 is 2.63 bits per heavy atom. The second kappa shape index (κ2) is 8.09. The van der Waals surface area contributed by atoms with Gasteiger partial charge < -0.3 is 10.6 Å². The minimum Gasteiger partial charge on any atom is -0.373 e. The Labute approximate surface area is 118 Å². The van der Waals surface area contributed by atoms with Gasteiger partial charge in [0, 0.05) is 48.4 Å². The van der Waals surface area contributed by atoms with Crippen LogP contribution in [0.1, 0.15) is 32.5 Å². The Morgan fingerprint density at radius 2 is 2.05 bits per heavy atom. The molecule has 2 N–H and O–H groups in total. The fourth-order valence-electron chi connectivity index (χ4n) is 1.62. The molecule has 2 atom stereocenters. The average Bonchev–Trinajstić information content (AvgIpc) is 2.38. The third-order valence-corrected chi connectivity index (χ3v) is 4.29. The van der Waals surface area contributed by atoms with Gasteiger partial charge in [0.2, 0.25) is 0 Å². The summed E-state index contributed by atoms with van der Waals surface area (Å²) in [5.74, 6) is 2.51. The number of nitrogens with one attached hydrogen (secondary N) is 2. The Bertz CT molecular complexity index is 425. The molecule has 1 aromatic rings. The van der Waals surface area contributed by atoms with Gasteiger partial charge in [0.05, 0.1) is 0 Å². The SMILES string of the molecule is CCCc1nc(NC)cc(NCCC(C)S(C)=O)n1.